The van der Waals surface area contributed by atoms with Crippen LogP contribution in [-0.2, 0) is 9.59 Å². The second-order valence-electron chi connectivity index (χ2n) is 7.36. The number of rotatable bonds is 4. The number of hydrogen-bond acceptors (Lipinski definition) is 4. The number of nitrogens with two attached hydrogens (primary N) is 1. The van der Waals surface area contributed by atoms with E-state index < -0.39 is 23.5 Å². The lowest BCUT2D eigenvalue weighted by atomic mass is 9.80. The first-order chi connectivity index (χ1) is 14.4. The van der Waals surface area contributed by atoms with Crippen LogP contribution in [0.3, 0.4) is 0 Å². The van der Waals surface area contributed by atoms with Gasteiger partial charge in [-0.05, 0) is 17.7 Å². The first-order valence-corrected chi connectivity index (χ1v) is 9.32. The second-order valence-corrected chi connectivity index (χ2v) is 7.36. The van der Waals surface area contributed by atoms with Gasteiger partial charge < -0.3 is 25.5 Å². The molecule has 0 radical (unpaired) electrons. The number of para-hydroxylation sites is 2. The zero-order valence-electron chi connectivity index (χ0n) is 15.6. The highest BCUT2D eigenvalue weighted by molar-refractivity contribution is 6.08. The van der Waals surface area contributed by atoms with Gasteiger partial charge in [0.25, 0.3) is 0 Å². The molecule has 2 aromatic heterocycles. The Morgan fingerprint density at radius 2 is 1.50 bits per heavy atom. The van der Waals surface area contributed by atoms with Crippen molar-refractivity contribution in [1.82, 2.24) is 15.3 Å². The number of nitrogens with one attached hydrogen (secondary N) is 3. The van der Waals surface area contributed by atoms with E-state index in [0.717, 1.165) is 21.8 Å². The fourth-order valence-electron chi connectivity index (χ4n) is 4.38. The topological polar surface area (TPSA) is 144 Å². The minimum Gasteiger partial charge on any atom is -0.478 e. The molecular weight excluding hydrogens is 384 g/mol. The molecule has 1 aliphatic heterocycles. The SMILES string of the molecule is NC1(C(=O)O)NC(C(=O)O)=C(c2c[nH]c3ccccc23)C1c1c[nH]c2ccccc12. The summed E-state index contributed by atoms with van der Waals surface area (Å²) in [5.74, 6) is -3.56. The van der Waals surface area contributed by atoms with Crippen LogP contribution < -0.4 is 11.1 Å². The zero-order valence-corrected chi connectivity index (χ0v) is 15.6. The number of carboxylic acids is 2. The molecule has 4 aromatic rings. The lowest BCUT2D eigenvalue weighted by Gasteiger charge is -2.29. The summed E-state index contributed by atoms with van der Waals surface area (Å²) >= 11 is 0. The van der Waals surface area contributed by atoms with Crippen molar-refractivity contribution in [2.45, 2.75) is 11.6 Å². The number of aromatic amines is 2. The maximum Gasteiger partial charge on any atom is 0.352 e. The summed E-state index contributed by atoms with van der Waals surface area (Å²) in [5, 5.41) is 24.1. The summed E-state index contributed by atoms with van der Waals surface area (Å²) < 4.78 is 0. The summed E-state index contributed by atoms with van der Waals surface area (Å²) in [4.78, 5) is 30.7. The number of carbonyl (C=O) groups is 2. The van der Waals surface area contributed by atoms with Gasteiger partial charge in [0.2, 0.25) is 0 Å². The highest BCUT2D eigenvalue weighted by Gasteiger charge is 2.54. The molecule has 30 heavy (non-hydrogen) atoms. The van der Waals surface area contributed by atoms with Crippen LogP contribution in [0.2, 0.25) is 0 Å². The molecule has 0 fully saturated rings. The average Bonchev–Trinajstić information content (AvgIpc) is 3.41. The predicted octanol–water partition coefficient (Wildman–Crippen LogP) is 2.57. The van der Waals surface area contributed by atoms with Gasteiger partial charge in [-0.15, -0.1) is 0 Å². The maximum atomic E-state index is 12.3. The van der Waals surface area contributed by atoms with E-state index in [-0.39, 0.29) is 5.70 Å². The van der Waals surface area contributed by atoms with Gasteiger partial charge in [-0.3, -0.25) is 5.73 Å². The van der Waals surface area contributed by atoms with Crippen LogP contribution in [0.15, 0.2) is 66.6 Å². The molecule has 0 aliphatic carbocycles. The maximum absolute atomic E-state index is 12.3. The monoisotopic (exact) mass is 402 g/mol. The molecule has 0 saturated carbocycles. The molecule has 8 nitrogen and oxygen atoms in total. The van der Waals surface area contributed by atoms with Crippen molar-refractivity contribution in [1.29, 1.82) is 0 Å². The quantitative estimate of drug-likeness (QED) is 0.310. The number of fused-ring (bicyclic) bond motifs is 2. The molecule has 150 valence electrons. The number of H-pyrrole nitrogens is 2. The minimum absolute atomic E-state index is 0.222. The Morgan fingerprint density at radius 1 is 0.900 bits per heavy atom. The molecule has 2 aromatic carbocycles. The summed E-state index contributed by atoms with van der Waals surface area (Å²) in [5.41, 5.74) is 7.26. The van der Waals surface area contributed by atoms with Crippen molar-refractivity contribution < 1.29 is 19.8 Å². The van der Waals surface area contributed by atoms with Gasteiger partial charge in [-0.1, -0.05) is 36.4 Å². The number of carboxylic acid groups (broad SMARTS) is 2. The number of hydrogen-bond donors (Lipinski definition) is 6. The molecule has 0 saturated heterocycles. The Hall–Kier alpha value is -4.04. The molecule has 1 aliphatic rings. The Labute approximate surface area is 170 Å². The van der Waals surface area contributed by atoms with Crippen LogP contribution >= 0.6 is 0 Å². The molecule has 5 rings (SSSR count). The van der Waals surface area contributed by atoms with Crippen molar-refractivity contribution in [3.8, 4) is 0 Å². The summed E-state index contributed by atoms with van der Waals surface area (Å²) in [7, 11) is 0. The van der Waals surface area contributed by atoms with E-state index in [9.17, 15) is 19.8 Å². The fourth-order valence-corrected chi connectivity index (χ4v) is 4.38. The third-order valence-corrected chi connectivity index (χ3v) is 5.72. The molecule has 0 amide bonds. The van der Waals surface area contributed by atoms with Gasteiger partial charge in [0.1, 0.15) is 5.70 Å². The van der Waals surface area contributed by atoms with E-state index >= 15 is 0 Å². The van der Waals surface area contributed by atoms with Gasteiger partial charge in [-0.2, -0.15) is 0 Å². The van der Waals surface area contributed by atoms with E-state index in [0.29, 0.717) is 16.7 Å². The number of aliphatic carboxylic acids is 2. The third-order valence-electron chi connectivity index (χ3n) is 5.72. The van der Waals surface area contributed by atoms with Crippen molar-refractivity contribution in [2.75, 3.05) is 0 Å². The normalized spacial score (nSPS) is 21.3. The Kier molecular flexibility index (Phi) is 3.74. The average molecular weight is 402 g/mol. The van der Waals surface area contributed by atoms with Crippen LogP contribution in [0.25, 0.3) is 27.4 Å². The fraction of sp³-hybridized carbons (Fsp3) is 0.0909. The lowest BCUT2D eigenvalue weighted by Crippen LogP contribution is -2.60. The standard InChI is InChI=1S/C22H18N4O4/c23-22(21(29)30)18(14-10-25-16-8-4-2-6-12(14)16)17(19(26-22)20(27)28)13-9-24-15-7-3-1-5-11(13)15/h1-10,18,24-26H,23H2,(H,27,28)(H,29,30). The van der Waals surface area contributed by atoms with E-state index in [1.165, 1.54) is 0 Å². The smallest absolute Gasteiger partial charge is 0.352 e. The van der Waals surface area contributed by atoms with Crippen molar-refractivity contribution >= 4 is 39.3 Å². The number of benzene rings is 2. The molecular formula is C22H18N4O4. The Morgan fingerprint density at radius 3 is 2.17 bits per heavy atom. The van der Waals surface area contributed by atoms with Crippen LogP contribution in [0.5, 0.6) is 0 Å². The van der Waals surface area contributed by atoms with Gasteiger partial charge >= 0.3 is 11.9 Å². The largest absolute Gasteiger partial charge is 0.478 e. The van der Waals surface area contributed by atoms with Gasteiger partial charge in [0, 0.05) is 45.3 Å². The molecule has 3 heterocycles. The predicted molar refractivity (Wildman–Crippen MR) is 112 cm³/mol. The molecule has 2 unspecified atom stereocenters. The molecule has 0 bridgehead atoms. The van der Waals surface area contributed by atoms with Crippen LogP contribution in [0, 0.1) is 0 Å². The van der Waals surface area contributed by atoms with Crippen LogP contribution in [-0.4, -0.2) is 37.8 Å². The van der Waals surface area contributed by atoms with E-state index in [4.69, 9.17) is 5.73 Å². The highest BCUT2D eigenvalue weighted by Crippen LogP contribution is 2.48. The van der Waals surface area contributed by atoms with E-state index in [1.807, 2.05) is 48.5 Å². The number of aromatic nitrogens is 2. The zero-order chi connectivity index (χ0) is 21.0. The molecule has 2 atom stereocenters. The second kappa shape index (κ2) is 6.23. The van der Waals surface area contributed by atoms with Crippen molar-refractivity contribution in [2.24, 2.45) is 5.73 Å². The summed E-state index contributed by atoms with van der Waals surface area (Å²) in [6.07, 6.45) is 3.39. The van der Waals surface area contributed by atoms with Gasteiger partial charge in [0.15, 0.2) is 5.66 Å². The van der Waals surface area contributed by atoms with Gasteiger partial charge in [0.05, 0.1) is 5.92 Å². The van der Waals surface area contributed by atoms with Crippen molar-refractivity contribution in [3.63, 3.8) is 0 Å². The Balaban J connectivity index is 1.85. The van der Waals surface area contributed by atoms with Crippen molar-refractivity contribution in [3.05, 3.63) is 77.7 Å². The first kappa shape index (κ1) is 18.0. The van der Waals surface area contributed by atoms with E-state index in [1.54, 1.807) is 12.4 Å². The summed E-state index contributed by atoms with van der Waals surface area (Å²) in [6.45, 7) is 0. The van der Waals surface area contributed by atoms with Gasteiger partial charge in [-0.25, -0.2) is 9.59 Å². The van der Waals surface area contributed by atoms with Crippen LogP contribution in [0.1, 0.15) is 17.0 Å². The third kappa shape index (κ3) is 2.37. The molecule has 7 N–H and O–H groups in total. The minimum atomic E-state index is -2.04. The highest BCUT2D eigenvalue weighted by atomic mass is 16.4. The van der Waals surface area contributed by atoms with Crippen LogP contribution in [0.4, 0.5) is 0 Å². The molecule has 8 heteroatoms. The molecule has 0 spiro atoms. The van der Waals surface area contributed by atoms with E-state index in [2.05, 4.69) is 15.3 Å². The first-order valence-electron chi connectivity index (χ1n) is 9.32. The Bertz CT molecular complexity index is 1370. The lowest BCUT2D eigenvalue weighted by molar-refractivity contribution is -0.144. The summed E-state index contributed by atoms with van der Waals surface area (Å²) in [6, 6.07) is 14.9.